The zero-order chi connectivity index (χ0) is 21.5. The summed E-state index contributed by atoms with van der Waals surface area (Å²) < 4.78 is 6.76. The van der Waals surface area contributed by atoms with E-state index >= 15 is 0 Å². The molecule has 1 amide bonds. The number of nitrogens with zero attached hydrogens (tertiary/aromatic N) is 3. The van der Waals surface area contributed by atoms with Crippen molar-refractivity contribution in [3.63, 3.8) is 0 Å². The first-order valence-electron chi connectivity index (χ1n) is 10.5. The molecule has 31 heavy (non-hydrogen) atoms. The number of benzene rings is 3. The van der Waals surface area contributed by atoms with Gasteiger partial charge in [-0.25, -0.2) is 4.98 Å². The number of hydrogen-bond acceptors (Lipinski definition) is 5. The number of carbonyl (C=O) groups is 1. The Kier molecular flexibility index (Phi) is 5.02. The molecule has 1 aliphatic rings. The monoisotopic (exact) mass is 431 g/mol. The molecule has 5 rings (SSSR count). The largest absolute Gasteiger partial charge is 0.496 e. The first-order valence-corrected chi connectivity index (χ1v) is 11.3. The van der Waals surface area contributed by atoms with E-state index < -0.39 is 0 Å². The van der Waals surface area contributed by atoms with Crippen LogP contribution in [0.2, 0.25) is 0 Å². The van der Waals surface area contributed by atoms with E-state index in [4.69, 9.17) is 9.72 Å². The number of amides is 1. The van der Waals surface area contributed by atoms with Gasteiger partial charge in [0.2, 0.25) is 0 Å². The minimum absolute atomic E-state index is 0.0257. The number of fused-ring (bicyclic) bond motifs is 2. The second-order valence-electron chi connectivity index (χ2n) is 8.08. The minimum atomic E-state index is 0.0257. The molecule has 0 N–H and O–H groups in total. The summed E-state index contributed by atoms with van der Waals surface area (Å²) >= 11 is 1.73. The Morgan fingerprint density at radius 2 is 1.65 bits per heavy atom. The van der Waals surface area contributed by atoms with Crippen molar-refractivity contribution in [1.29, 1.82) is 0 Å². The topological polar surface area (TPSA) is 45.7 Å². The minimum Gasteiger partial charge on any atom is -0.496 e. The average molecular weight is 432 g/mol. The zero-order valence-corrected chi connectivity index (χ0v) is 18.8. The van der Waals surface area contributed by atoms with Crippen LogP contribution in [0, 0.1) is 13.8 Å². The van der Waals surface area contributed by atoms with Crippen molar-refractivity contribution in [3.8, 4) is 5.75 Å². The number of anilines is 1. The van der Waals surface area contributed by atoms with Gasteiger partial charge in [-0.1, -0.05) is 35.6 Å². The number of aryl methyl sites for hydroxylation is 2. The van der Waals surface area contributed by atoms with Crippen LogP contribution >= 0.6 is 11.3 Å². The summed E-state index contributed by atoms with van der Waals surface area (Å²) in [5.41, 5.74) is 4.25. The molecule has 0 bridgehead atoms. The molecule has 0 radical (unpaired) electrons. The Labute approximate surface area is 185 Å². The molecule has 0 saturated carbocycles. The molecule has 3 aromatic carbocycles. The summed E-state index contributed by atoms with van der Waals surface area (Å²) in [5, 5.41) is 3.16. The molecule has 1 saturated heterocycles. The molecule has 0 spiro atoms. The van der Waals surface area contributed by atoms with Crippen molar-refractivity contribution in [1.82, 2.24) is 9.88 Å². The fourth-order valence-electron chi connectivity index (χ4n) is 4.13. The number of carbonyl (C=O) groups excluding carboxylic acids is 1. The smallest absolute Gasteiger partial charge is 0.257 e. The van der Waals surface area contributed by atoms with Gasteiger partial charge >= 0.3 is 0 Å². The number of thiazole rings is 1. The van der Waals surface area contributed by atoms with Crippen LogP contribution in [0.15, 0.2) is 48.5 Å². The van der Waals surface area contributed by atoms with Crippen LogP contribution in [0.5, 0.6) is 5.75 Å². The standard InChI is InChI=1S/C25H25N3O2S/c1-16-12-21-23(13-17(16)2)31-25(26-21)28-10-8-27(9-11-28)24(29)20-14-18-6-4-5-7-19(18)15-22(20)30-3/h4-7,12-15H,8-11H2,1-3H3. The predicted octanol–water partition coefficient (Wildman–Crippen LogP) is 5.04. The van der Waals surface area contributed by atoms with Crippen LogP contribution < -0.4 is 9.64 Å². The molecule has 1 aromatic heterocycles. The summed E-state index contributed by atoms with van der Waals surface area (Å²) in [6.07, 6.45) is 0. The van der Waals surface area contributed by atoms with Crippen molar-refractivity contribution in [2.45, 2.75) is 13.8 Å². The van der Waals surface area contributed by atoms with Crippen molar-refractivity contribution >= 4 is 43.4 Å². The second kappa shape index (κ2) is 7.85. The van der Waals surface area contributed by atoms with E-state index in [2.05, 4.69) is 30.9 Å². The molecule has 5 nitrogen and oxygen atoms in total. The number of hydrogen-bond donors (Lipinski definition) is 0. The van der Waals surface area contributed by atoms with Crippen LogP contribution in [0.25, 0.3) is 21.0 Å². The molecular formula is C25H25N3O2S. The van der Waals surface area contributed by atoms with E-state index in [1.807, 2.05) is 41.3 Å². The Bertz CT molecular complexity index is 1250. The Morgan fingerprint density at radius 3 is 2.35 bits per heavy atom. The lowest BCUT2D eigenvalue weighted by Crippen LogP contribution is -2.48. The number of piperazine rings is 1. The molecule has 158 valence electrons. The van der Waals surface area contributed by atoms with Gasteiger partial charge < -0.3 is 14.5 Å². The van der Waals surface area contributed by atoms with Gasteiger partial charge in [0.05, 0.1) is 22.9 Å². The number of ether oxygens (including phenoxy) is 1. The highest BCUT2D eigenvalue weighted by Gasteiger charge is 2.26. The normalized spacial score (nSPS) is 14.4. The van der Waals surface area contributed by atoms with E-state index in [0.29, 0.717) is 24.4 Å². The van der Waals surface area contributed by atoms with Gasteiger partial charge in [-0.3, -0.25) is 4.79 Å². The van der Waals surface area contributed by atoms with E-state index in [1.165, 1.54) is 15.8 Å². The third kappa shape index (κ3) is 3.61. The lowest BCUT2D eigenvalue weighted by Gasteiger charge is -2.34. The molecule has 0 unspecified atom stereocenters. The van der Waals surface area contributed by atoms with E-state index in [1.54, 1.807) is 18.4 Å². The van der Waals surface area contributed by atoms with Crippen molar-refractivity contribution in [3.05, 3.63) is 65.2 Å². The third-order valence-corrected chi connectivity index (χ3v) is 7.21. The SMILES string of the molecule is COc1cc2ccccc2cc1C(=O)N1CCN(c2nc3cc(C)c(C)cc3s2)CC1. The second-order valence-corrected chi connectivity index (χ2v) is 9.09. The fraction of sp³-hybridized carbons (Fsp3) is 0.280. The lowest BCUT2D eigenvalue weighted by molar-refractivity contribution is 0.0743. The van der Waals surface area contributed by atoms with Gasteiger partial charge in [0.15, 0.2) is 5.13 Å². The molecule has 6 heteroatoms. The maximum atomic E-state index is 13.3. The van der Waals surface area contributed by atoms with Crippen molar-refractivity contribution in [2.75, 3.05) is 38.2 Å². The fourth-order valence-corrected chi connectivity index (χ4v) is 5.23. The molecule has 1 fully saturated rings. The quantitative estimate of drug-likeness (QED) is 0.456. The molecule has 0 aliphatic carbocycles. The number of aromatic nitrogens is 1. The van der Waals surface area contributed by atoms with Gasteiger partial charge in [0.25, 0.3) is 5.91 Å². The highest BCUT2D eigenvalue weighted by Crippen LogP contribution is 2.32. The first kappa shape index (κ1) is 19.8. The Morgan fingerprint density at radius 1 is 0.968 bits per heavy atom. The maximum Gasteiger partial charge on any atom is 0.257 e. The van der Waals surface area contributed by atoms with Crippen molar-refractivity contribution in [2.24, 2.45) is 0 Å². The predicted molar refractivity (Wildman–Crippen MR) is 128 cm³/mol. The van der Waals surface area contributed by atoms with Crippen LogP contribution in [-0.4, -0.2) is 49.1 Å². The Balaban J connectivity index is 1.35. The molecule has 0 atom stereocenters. The van der Waals surface area contributed by atoms with Crippen LogP contribution in [0.3, 0.4) is 0 Å². The van der Waals surface area contributed by atoms with Crippen LogP contribution in [-0.2, 0) is 0 Å². The summed E-state index contributed by atoms with van der Waals surface area (Å²) in [6.45, 7) is 7.16. The molecule has 1 aliphatic heterocycles. The van der Waals surface area contributed by atoms with Crippen LogP contribution in [0.1, 0.15) is 21.5 Å². The summed E-state index contributed by atoms with van der Waals surface area (Å²) in [7, 11) is 1.62. The van der Waals surface area contributed by atoms with Gasteiger partial charge in [0, 0.05) is 26.2 Å². The van der Waals surface area contributed by atoms with E-state index in [9.17, 15) is 4.79 Å². The Hall–Kier alpha value is -3.12. The molecular weight excluding hydrogens is 406 g/mol. The summed E-state index contributed by atoms with van der Waals surface area (Å²) in [5.74, 6) is 0.654. The van der Waals surface area contributed by atoms with Gasteiger partial charge in [-0.2, -0.15) is 0 Å². The first-order chi connectivity index (χ1) is 15.0. The lowest BCUT2D eigenvalue weighted by atomic mass is 10.0. The van der Waals surface area contributed by atoms with Crippen molar-refractivity contribution < 1.29 is 9.53 Å². The highest BCUT2D eigenvalue weighted by molar-refractivity contribution is 7.22. The highest BCUT2D eigenvalue weighted by atomic mass is 32.1. The number of methoxy groups -OCH3 is 1. The van der Waals surface area contributed by atoms with E-state index in [-0.39, 0.29) is 5.91 Å². The number of rotatable bonds is 3. The summed E-state index contributed by atoms with van der Waals surface area (Å²) in [6, 6.07) is 16.3. The molecule has 2 heterocycles. The molecule has 4 aromatic rings. The average Bonchev–Trinajstić information content (AvgIpc) is 3.20. The van der Waals surface area contributed by atoms with E-state index in [0.717, 1.165) is 34.5 Å². The summed E-state index contributed by atoms with van der Waals surface area (Å²) in [4.78, 5) is 22.4. The van der Waals surface area contributed by atoms with Gasteiger partial charge in [-0.05, 0) is 60.0 Å². The zero-order valence-electron chi connectivity index (χ0n) is 18.0. The van der Waals surface area contributed by atoms with Crippen LogP contribution in [0.4, 0.5) is 5.13 Å². The van der Waals surface area contributed by atoms with Gasteiger partial charge in [0.1, 0.15) is 5.75 Å². The maximum absolute atomic E-state index is 13.3. The van der Waals surface area contributed by atoms with Gasteiger partial charge in [-0.15, -0.1) is 0 Å². The third-order valence-electron chi connectivity index (χ3n) is 6.13.